The van der Waals surface area contributed by atoms with Crippen molar-refractivity contribution in [1.82, 2.24) is 0 Å². The minimum Gasteiger partial charge on any atom is -0.481 e. The number of hydrogen-bond donors (Lipinski definition) is 1. The highest BCUT2D eigenvalue weighted by Gasteiger charge is 2.38. The average molecular weight is 430 g/mol. The number of benzene rings is 1. The van der Waals surface area contributed by atoms with Gasteiger partial charge in [-0.1, -0.05) is 11.6 Å². The van der Waals surface area contributed by atoms with Gasteiger partial charge in [-0.25, -0.2) is 0 Å². The molecule has 0 atom stereocenters. The summed E-state index contributed by atoms with van der Waals surface area (Å²) in [6, 6.07) is 4.70. The standard InChI is InChI=1S/C22H30ClF2NO3/c1-21(24,25)29-17-5-6-18(23)19(15-17)26-13-11-22(12-14-26)9-7-16(8-10-22)3-2-4-20(27)28/h5-6,15-16H,2-4,7-14H2,1H3,(H,27,28). The molecule has 7 heteroatoms. The molecule has 1 spiro atoms. The van der Waals surface area contributed by atoms with E-state index in [1.54, 1.807) is 12.1 Å². The summed E-state index contributed by atoms with van der Waals surface area (Å²) in [6.45, 7) is 2.44. The van der Waals surface area contributed by atoms with Crippen LogP contribution in [0.5, 0.6) is 5.75 Å². The summed E-state index contributed by atoms with van der Waals surface area (Å²) < 4.78 is 31.0. The Morgan fingerprint density at radius 1 is 1.28 bits per heavy atom. The molecule has 1 N–H and O–H groups in total. The Morgan fingerprint density at radius 2 is 1.93 bits per heavy atom. The Bertz CT molecular complexity index is 704. The van der Waals surface area contributed by atoms with Crippen molar-refractivity contribution in [2.45, 2.75) is 70.8 Å². The molecule has 0 radical (unpaired) electrons. The number of aliphatic carboxylic acids is 1. The van der Waals surface area contributed by atoms with E-state index in [4.69, 9.17) is 21.4 Å². The van der Waals surface area contributed by atoms with Gasteiger partial charge in [-0.2, -0.15) is 8.78 Å². The van der Waals surface area contributed by atoms with E-state index in [0.29, 0.717) is 16.4 Å². The van der Waals surface area contributed by atoms with E-state index in [9.17, 15) is 13.6 Å². The van der Waals surface area contributed by atoms with Crippen molar-refractivity contribution in [3.63, 3.8) is 0 Å². The Hall–Kier alpha value is -1.56. The average Bonchev–Trinajstić information content (AvgIpc) is 2.65. The Balaban J connectivity index is 1.53. The number of nitrogens with zero attached hydrogens (tertiary/aromatic N) is 1. The second-order valence-electron chi connectivity index (χ2n) is 8.74. The largest absolute Gasteiger partial charge is 0.481 e. The van der Waals surface area contributed by atoms with Crippen molar-refractivity contribution in [2.75, 3.05) is 18.0 Å². The highest BCUT2D eigenvalue weighted by molar-refractivity contribution is 6.33. The number of anilines is 1. The van der Waals surface area contributed by atoms with Gasteiger partial charge >= 0.3 is 12.1 Å². The fourth-order valence-corrected chi connectivity index (χ4v) is 5.08. The zero-order valence-electron chi connectivity index (χ0n) is 16.9. The maximum atomic E-state index is 13.2. The molecule has 0 aromatic heterocycles. The summed E-state index contributed by atoms with van der Waals surface area (Å²) >= 11 is 6.34. The number of rotatable bonds is 7. The molecule has 1 aliphatic carbocycles. The number of hydrogen-bond acceptors (Lipinski definition) is 3. The first-order valence-electron chi connectivity index (χ1n) is 10.5. The van der Waals surface area contributed by atoms with Gasteiger partial charge in [-0.3, -0.25) is 4.79 Å². The van der Waals surface area contributed by atoms with Crippen molar-refractivity contribution in [3.8, 4) is 5.75 Å². The third-order valence-corrected chi connectivity index (χ3v) is 6.87. The SMILES string of the molecule is CC(F)(F)Oc1ccc(Cl)c(N2CCC3(CCC(CCCC(=O)O)CC3)CC2)c1. The molecule has 2 fully saturated rings. The van der Waals surface area contributed by atoms with E-state index >= 15 is 0 Å². The van der Waals surface area contributed by atoms with Gasteiger partial charge in [0.05, 0.1) is 10.7 Å². The molecule has 29 heavy (non-hydrogen) atoms. The first-order valence-corrected chi connectivity index (χ1v) is 10.9. The normalized spacial score (nSPS) is 20.1. The maximum Gasteiger partial charge on any atom is 0.394 e. The summed E-state index contributed by atoms with van der Waals surface area (Å²) in [6.07, 6.45) is 5.71. The lowest BCUT2D eigenvalue weighted by Gasteiger charge is -2.46. The summed E-state index contributed by atoms with van der Waals surface area (Å²) in [5.41, 5.74) is 1.11. The first-order chi connectivity index (χ1) is 13.7. The monoisotopic (exact) mass is 429 g/mol. The Labute approximate surface area is 176 Å². The van der Waals surface area contributed by atoms with Crippen LogP contribution in [0.15, 0.2) is 18.2 Å². The van der Waals surface area contributed by atoms with Gasteiger partial charge in [0, 0.05) is 32.5 Å². The number of alkyl halides is 2. The number of piperidine rings is 1. The minimum atomic E-state index is -3.22. The fourth-order valence-electron chi connectivity index (χ4n) is 4.85. The second-order valence-corrected chi connectivity index (χ2v) is 9.15. The molecular weight excluding hydrogens is 400 g/mol. The Kier molecular flexibility index (Phi) is 6.92. The lowest BCUT2D eigenvalue weighted by molar-refractivity contribution is -0.158. The number of carboxylic acid groups (broad SMARTS) is 1. The summed E-state index contributed by atoms with van der Waals surface area (Å²) in [5.74, 6) is 0.0662. The van der Waals surface area contributed by atoms with Gasteiger partial charge in [0.1, 0.15) is 5.75 Å². The van der Waals surface area contributed by atoms with E-state index in [1.807, 2.05) is 0 Å². The van der Waals surface area contributed by atoms with Crippen LogP contribution in [0.1, 0.15) is 64.7 Å². The lowest BCUT2D eigenvalue weighted by atomic mass is 9.65. The smallest absolute Gasteiger partial charge is 0.394 e. The quantitative estimate of drug-likeness (QED) is 0.547. The van der Waals surface area contributed by atoms with Crippen LogP contribution in [0.4, 0.5) is 14.5 Å². The molecule has 1 aromatic rings. The van der Waals surface area contributed by atoms with E-state index < -0.39 is 12.1 Å². The molecule has 0 amide bonds. The molecule has 1 saturated carbocycles. The number of halogens is 3. The van der Waals surface area contributed by atoms with Crippen LogP contribution < -0.4 is 9.64 Å². The van der Waals surface area contributed by atoms with Crippen LogP contribution >= 0.6 is 11.6 Å². The molecule has 0 unspecified atom stereocenters. The molecule has 1 aromatic carbocycles. The molecule has 4 nitrogen and oxygen atoms in total. The molecule has 162 valence electrons. The van der Waals surface area contributed by atoms with Crippen LogP contribution in [0.25, 0.3) is 0 Å². The van der Waals surface area contributed by atoms with Gasteiger partial charge in [0.2, 0.25) is 0 Å². The lowest BCUT2D eigenvalue weighted by Crippen LogP contribution is -2.42. The van der Waals surface area contributed by atoms with Crippen LogP contribution in [0.3, 0.4) is 0 Å². The first kappa shape index (κ1) is 22.1. The van der Waals surface area contributed by atoms with Crippen molar-refractivity contribution in [3.05, 3.63) is 23.2 Å². The summed E-state index contributed by atoms with van der Waals surface area (Å²) in [4.78, 5) is 12.9. The van der Waals surface area contributed by atoms with Crippen molar-refractivity contribution in [2.24, 2.45) is 11.3 Å². The molecule has 1 saturated heterocycles. The number of carboxylic acids is 1. The van der Waals surface area contributed by atoms with Gasteiger partial charge in [0.25, 0.3) is 0 Å². The highest BCUT2D eigenvalue weighted by atomic mass is 35.5. The highest BCUT2D eigenvalue weighted by Crippen LogP contribution is 2.48. The zero-order valence-corrected chi connectivity index (χ0v) is 17.7. The third-order valence-electron chi connectivity index (χ3n) is 6.55. The van der Waals surface area contributed by atoms with Crippen LogP contribution in [-0.2, 0) is 4.79 Å². The summed E-state index contributed by atoms with van der Waals surface area (Å²) in [7, 11) is 0. The van der Waals surface area contributed by atoms with Crippen molar-refractivity contribution >= 4 is 23.3 Å². The van der Waals surface area contributed by atoms with E-state index in [2.05, 4.69) is 4.90 Å². The maximum absolute atomic E-state index is 13.2. The minimum absolute atomic E-state index is 0.124. The van der Waals surface area contributed by atoms with Gasteiger partial charge < -0.3 is 14.7 Å². The molecular formula is C22H30ClF2NO3. The van der Waals surface area contributed by atoms with E-state index in [1.165, 1.54) is 31.7 Å². The van der Waals surface area contributed by atoms with Crippen LogP contribution in [-0.4, -0.2) is 30.3 Å². The molecule has 1 aliphatic heterocycles. The molecule has 1 heterocycles. The topological polar surface area (TPSA) is 49.8 Å². The van der Waals surface area contributed by atoms with Gasteiger partial charge in [0.15, 0.2) is 0 Å². The third kappa shape index (κ3) is 6.21. The zero-order chi connectivity index (χ0) is 21.1. The van der Waals surface area contributed by atoms with Crippen molar-refractivity contribution in [1.29, 1.82) is 0 Å². The summed E-state index contributed by atoms with van der Waals surface area (Å²) in [5, 5.41) is 9.34. The number of ether oxygens (including phenoxy) is 1. The van der Waals surface area contributed by atoms with Crippen molar-refractivity contribution < 1.29 is 23.4 Å². The van der Waals surface area contributed by atoms with Crippen LogP contribution in [0, 0.1) is 11.3 Å². The second kappa shape index (κ2) is 9.07. The molecule has 3 rings (SSSR count). The molecule has 2 aliphatic rings. The van der Waals surface area contributed by atoms with Crippen LogP contribution in [0.2, 0.25) is 5.02 Å². The number of carbonyl (C=O) groups is 1. The fraction of sp³-hybridized carbons (Fsp3) is 0.682. The van der Waals surface area contributed by atoms with Gasteiger partial charge in [-0.15, -0.1) is 0 Å². The van der Waals surface area contributed by atoms with E-state index in [0.717, 1.165) is 51.4 Å². The predicted molar refractivity (Wildman–Crippen MR) is 110 cm³/mol. The Morgan fingerprint density at radius 3 is 2.52 bits per heavy atom. The molecule has 0 bridgehead atoms. The van der Waals surface area contributed by atoms with E-state index in [-0.39, 0.29) is 12.2 Å². The predicted octanol–water partition coefficient (Wildman–Crippen LogP) is 6.36. The van der Waals surface area contributed by atoms with Gasteiger partial charge in [-0.05, 0) is 74.8 Å².